The van der Waals surface area contributed by atoms with Crippen LogP contribution in [-0.4, -0.2) is 29.9 Å². The molecular weight excluding hydrogens is 272 g/mol. The summed E-state index contributed by atoms with van der Waals surface area (Å²) in [5.74, 6) is 0.129. The number of benzene rings is 1. The van der Waals surface area contributed by atoms with Crippen molar-refractivity contribution in [3.05, 3.63) is 34.9 Å². The number of nitrogens with one attached hydrogen (secondary N) is 1. The highest BCUT2D eigenvalue weighted by Crippen LogP contribution is 2.48. The third-order valence-corrected chi connectivity index (χ3v) is 4.90. The number of halogens is 1. The van der Waals surface area contributed by atoms with Crippen molar-refractivity contribution in [1.82, 2.24) is 10.2 Å². The Morgan fingerprint density at radius 3 is 2.55 bits per heavy atom. The maximum atomic E-state index is 12.5. The summed E-state index contributed by atoms with van der Waals surface area (Å²) < 4.78 is 0. The normalized spacial score (nSPS) is 22.5. The molecule has 0 radical (unpaired) electrons. The van der Waals surface area contributed by atoms with Gasteiger partial charge in [-0.1, -0.05) is 29.8 Å². The van der Waals surface area contributed by atoms with Gasteiger partial charge in [0.15, 0.2) is 0 Å². The van der Waals surface area contributed by atoms with Gasteiger partial charge in [-0.2, -0.15) is 0 Å². The topological polar surface area (TPSA) is 32.3 Å². The van der Waals surface area contributed by atoms with Crippen LogP contribution < -0.4 is 5.32 Å². The molecule has 0 spiro atoms. The minimum absolute atomic E-state index is 0.0440. The van der Waals surface area contributed by atoms with E-state index in [0.29, 0.717) is 0 Å². The lowest BCUT2D eigenvalue weighted by atomic mass is 10.0. The average molecular weight is 293 g/mol. The fourth-order valence-corrected chi connectivity index (χ4v) is 3.39. The molecule has 1 atom stereocenters. The molecule has 1 aromatic carbocycles. The lowest BCUT2D eigenvalue weighted by Crippen LogP contribution is -2.47. The highest BCUT2D eigenvalue weighted by molar-refractivity contribution is 6.31. The number of carbonyl (C=O) groups is 1. The second-order valence-electron chi connectivity index (χ2n) is 5.97. The van der Waals surface area contributed by atoms with Crippen LogP contribution in [-0.2, 0) is 10.3 Å². The SMILES string of the molecule is C[C@H](C(=O)NC1(c2ccccc2Cl)CC1)N1CCCC1. The molecule has 1 N–H and O–H groups in total. The van der Waals surface area contributed by atoms with Crippen LogP contribution in [0.4, 0.5) is 0 Å². The Balaban J connectivity index is 1.71. The zero-order chi connectivity index (χ0) is 14.2. The van der Waals surface area contributed by atoms with E-state index >= 15 is 0 Å². The largest absolute Gasteiger partial charge is 0.345 e. The minimum Gasteiger partial charge on any atom is -0.345 e. The standard InChI is InChI=1S/C16H21ClN2O/c1-12(19-10-4-5-11-19)15(20)18-16(8-9-16)13-6-2-3-7-14(13)17/h2-3,6-7,12H,4-5,8-11H2,1H3,(H,18,20)/t12-/m1/s1. The van der Waals surface area contributed by atoms with Gasteiger partial charge in [-0.3, -0.25) is 9.69 Å². The van der Waals surface area contributed by atoms with Gasteiger partial charge in [-0.05, 0) is 57.3 Å². The zero-order valence-electron chi connectivity index (χ0n) is 11.9. The molecule has 3 rings (SSSR count). The monoisotopic (exact) mass is 292 g/mol. The van der Waals surface area contributed by atoms with Gasteiger partial charge in [0.2, 0.25) is 5.91 Å². The lowest BCUT2D eigenvalue weighted by molar-refractivity contribution is -0.126. The number of likely N-dealkylation sites (tertiary alicyclic amines) is 1. The lowest BCUT2D eigenvalue weighted by Gasteiger charge is -2.26. The average Bonchev–Trinajstić information content (AvgIpc) is 3.02. The van der Waals surface area contributed by atoms with Crippen LogP contribution in [0.15, 0.2) is 24.3 Å². The predicted molar refractivity (Wildman–Crippen MR) is 80.8 cm³/mol. The number of nitrogens with zero attached hydrogens (tertiary/aromatic N) is 1. The molecule has 0 unspecified atom stereocenters. The quantitative estimate of drug-likeness (QED) is 0.925. The highest BCUT2D eigenvalue weighted by Gasteiger charge is 2.47. The number of amides is 1. The summed E-state index contributed by atoms with van der Waals surface area (Å²) in [5, 5.41) is 3.99. The highest BCUT2D eigenvalue weighted by atomic mass is 35.5. The molecule has 1 amide bonds. The van der Waals surface area contributed by atoms with E-state index in [2.05, 4.69) is 10.2 Å². The summed E-state index contributed by atoms with van der Waals surface area (Å²) in [4.78, 5) is 14.7. The van der Waals surface area contributed by atoms with Crippen molar-refractivity contribution in [2.24, 2.45) is 0 Å². The fraction of sp³-hybridized carbons (Fsp3) is 0.562. The van der Waals surface area contributed by atoms with Crippen molar-refractivity contribution in [2.45, 2.75) is 44.2 Å². The maximum absolute atomic E-state index is 12.5. The van der Waals surface area contributed by atoms with Crippen LogP contribution in [0.25, 0.3) is 0 Å². The van der Waals surface area contributed by atoms with Gasteiger partial charge in [0.25, 0.3) is 0 Å². The van der Waals surface area contributed by atoms with Gasteiger partial charge < -0.3 is 5.32 Å². The van der Waals surface area contributed by atoms with E-state index in [4.69, 9.17) is 11.6 Å². The van der Waals surface area contributed by atoms with Gasteiger partial charge in [0.05, 0.1) is 11.6 Å². The first-order valence-corrected chi connectivity index (χ1v) is 7.81. The molecule has 1 aromatic rings. The van der Waals surface area contributed by atoms with Crippen LogP contribution in [0.3, 0.4) is 0 Å². The molecule has 2 fully saturated rings. The van der Waals surface area contributed by atoms with Gasteiger partial charge in [-0.25, -0.2) is 0 Å². The Morgan fingerprint density at radius 1 is 1.30 bits per heavy atom. The number of rotatable bonds is 4. The molecule has 1 aliphatic carbocycles. The smallest absolute Gasteiger partial charge is 0.237 e. The first-order valence-electron chi connectivity index (χ1n) is 7.43. The molecule has 4 heteroatoms. The fourth-order valence-electron chi connectivity index (χ4n) is 3.07. The second-order valence-corrected chi connectivity index (χ2v) is 6.38. The Bertz CT molecular complexity index is 507. The second kappa shape index (κ2) is 5.38. The molecule has 0 bridgehead atoms. The Hall–Kier alpha value is -1.06. The zero-order valence-corrected chi connectivity index (χ0v) is 12.6. The van der Waals surface area contributed by atoms with Crippen LogP contribution >= 0.6 is 11.6 Å². The van der Waals surface area contributed by atoms with Crippen molar-refractivity contribution < 1.29 is 4.79 Å². The number of carbonyl (C=O) groups excluding carboxylic acids is 1. The van der Waals surface area contributed by atoms with Crippen molar-refractivity contribution in [2.75, 3.05) is 13.1 Å². The summed E-state index contributed by atoms with van der Waals surface area (Å²) in [6, 6.07) is 7.79. The maximum Gasteiger partial charge on any atom is 0.237 e. The summed E-state index contributed by atoms with van der Waals surface area (Å²) in [5.41, 5.74) is 0.840. The first kappa shape index (κ1) is 13.9. The van der Waals surface area contributed by atoms with E-state index in [0.717, 1.165) is 36.5 Å². The van der Waals surface area contributed by atoms with Crippen LogP contribution in [0, 0.1) is 0 Å². The predicted octanol–water partition coefficient (Wildman–Crippen LogP) is 2.93. The molecule has 1 saturated heterocycles. The van der Waals surface area contributed by atoms with E-state index in [1.165, 1.54) is 12.8 Å². The third kappa shape index (κ3) is 2.57. The molecule has 3 nitrogen and oxygen atoms in total. The molecule has 1 heterocycles. The van der Waals surface area contributed by atoms with Crippen LogP contribution in [0.1, 0.15) is 38.2 Å². The number of hydrogen-bond donors (Lipinski definition) is 1. The molecule has 108 valence electrons. The Kier molecular flexibility index (Phi) is 3.74. The van der Waals surface area contributed by atoms with Crippen LogP contribution in [0.5, 0.6) is 0 Å². The summed E-state index contributed by atoms with van der Waals surface area (Å²) in [7, 11) is 0. The summed E-state index contributed by atoms with van der Waals surface area (Å²) in [6.45, 7) is 4.07. The van der Waals surface area contributed by atoms with E-state index in [-0.39, 0.29) is 17.5 Å². The molecule has 1 saturated carbocycles. The van der Waals surface area contributed by atoms with Crippen molar-refractivity contribution in [3.63, 3.8) is 0 Å². The third-order valence-electron chi connectivity index (χ3n) is 4.57. The van der Waals surface area contributed by atoms with Gasteiger partial charge in [-0.15, -0.1) is 0 Å². The minimum atomic E-state index is -0.219. The van der Waals surface area contributed by atoms with E-state index < -0.39 is 0 Å². The first-order chi connectivity index (χ1) is 9.62. The van der Waals surface area contributed by atoms with E-state index in [1.54, 1.807) is 0 Å². The molecule has 2 aliphatic rings. The van der Waals surface area contributed by atoms with E-state index in [1.807, 2.05) is 31.2 Å². The summed E-state index contributed by atoms with van der Waals surface area (Å²) in [6.07, 6.45) is 4.37. The van der Waals surface area contributed by atoms with Crippen molar-refractivity contribution in [1.29, 1.82) is 0 Å². The van der Waals surface area contributed by atoms with Gasteiger partial charge in [0, 0.05) is 5.02 Å². The molecule has 1 aliphatic heterocycles. The van der Waals surface area contributed by atoms with Gasteiger partial charge >= 0.3 is 0 Å². The molecule has 0 aromatic heterocycles. The van der Waals surface area contributed by atoms with Crippen LogP contribution in [0.2, 0.25) is 5.02 Å². The molecular formula is C16H21ClN2O. The van der Waals surface area contributed by atoms with E-state index in [9.17, 15) is 4.79 Å². The summed E-state index contributed by atoms with van der Waals surface area (Å²) >= 11 is 6.28. The molecule has 20 heavy (non-hydrogen) atoms. The van der Waals surface area contributed by atoms with Gasteiger partial charge in [0.1, 0.15) is 0 Å². The van der Waals surface area contributed by atoms with Crippen molar-refractivity contribution in [3.8, 4) is 0 Å². The Labute approximate surface area is 125 Å². The Morgan fingerprint density at radius 2 is 1.95 bits per heavy atom. The number of hydrogen-bond acceptors (Lipinski definition) is 2. The van der Waals surface area contributed by atoms with Crippen molar-refractivity contribution >= 4 is 17.5 Å².